The summed E-state index contributed by atoms with van der Waals surface area (Å²) in [6, 6.07) is 0. The van der Waals surface area contributed by atoms with E-state index in [0.717, 1.165) is 0 Å². The molecule has 7 nitrogen and oxygen atoms in total. The van der Waals surface area contributed by atoms with Crippen molar-refractivity contribution in [1.29, 1.82) is 0 Å². The number of hydrogen-bond donors (Lipinski definition) is 6. The summed E-state index contributed by atoms with van der Waals surface area (Å²) in [5, 5.41) is 13.9. The molecular formula is CH6O7SiTi. The number of carbonyl (C=O) groups is 1. The Labute approximate surface area is 71.6 Å². The molecule has 9 heteroatoms. The van der Waals surface area contributed by atoms with Crippen molar-refractivity contribution in [1.82, 2.24) is 0 Å². The van der Waals surface area contributed by atoms with Gasteiger partial charge in [-0.25, -0.2) is 4.79 Å². The first-order valence-electron chi connectivity index (χ1n) is 1.55. The van der Waals surface area contributed by atoms with E-state index in [1.807, 2.05) is 0 Å². The topological polar surface area (TPSA) is 138 Å². The van der Waals surface area contributed by atoms with Crippen LogP contribution in [0.2, 0.25) is 0 Å². The smallest absolute Gasteiger partial charge is 0.450 e. The van der Waals surface area contributed by atoms with Crippen molar-refractivity contribution < 1.29 is 55.9 Å². The van der Waals surface area contributed by atoms with E-state index in [2.05, 4.69) is 0 Å². The van der Waals surface area contributed by atoms with Crippen LogP contribution in [0.4, 0.5) is 4.79 Å². The minimum atomic E-state index is -4.61. The van der Waals surface area contributed by atoms with Gasteiger partial charge < -0.3 is 29.4 Å². The summed E-state index contributed by atoms with van der Waals surface area (Å²) < 4.78 is 0. The minimum Gasteiger partial charge on any atom is -0.450 e. The molecule has 0 aliphatic rings. The fourth-order valence-corrected chi connectivity index (χ4v) is 0. The Hall–Kier alpha value is 0.0412. The van der Waals surface area contributed by atoms with Gasteiger partial charge in [-0.2, -0.15) is 0 Å². The average Bonchev–Trinajstić information content (AvgIpc) is 1.19. The van der Waals surface area contributed by atoms with Crippen LogP contribution in [-0.4, -0.2) is 44.6 Å². The first-order chi connectivity index (χ1) is 3.73. The Bertz CT molecular complexity index is 76.1. The maximum atomic E-state index is 8.56. The fourth-order valence-electron chi connectivity index (χ4n) is 0. The second-order valence-corrected chi connectivity index (χ2v) is 2.08. The predicted molar refractivity (Wildman–Crippen MR) is 25.3 cm³/mol. The van der Waals surface area contributed by atoms with Crippen molar-refractivity contribution in [2.45, 2.75) is 0 Å². The third-order valence-electron chi connectivity index (χ3n) is 0. The molecule has 10 heavy (non-hydrogen) atoms. The zero-order chi connectivity index (χ0) is 8.08. The van der Waals surface area contributed by atoms with E-state index in [1.165, 1.54) is 0 Å². The van der Waals surface area contributed by atoms with Gasteiger partial charge in [0, 0.05) is 21.7 Å². The third-order valence-corrected chi connectivity index (χ3v) is 0. The summed E-state index contributed by atoms with van der Waals surface area (Å²) in [6.45, 7) is 0. The molecule has 0 amide bonds. The van der Waals surface area contributed by atoms with E-state index >= 15 is 0 Å². The normalized spacial score (nSPS) is 8.40. The molecule has 0 unspecified atom stereocenters. The standard InChI is InChI=1S/CH2O3.H4O4Si.Ti/c2-1(3)4;1-5(2,3)4;/h(H2,2,3,4);1-4H;. The van der Waals surface area contributed by atoms with Gasteiger partial charge in [0.15, 0.2) is 0 Å². The van der Waals surface area contributed by atoms with Crippen LogP contribution in [0.3, 0.4) is 0 Å². The van der Waals surface area contributed by atoms with E-state index in [4.69, 9.17) is 34.2 Å². The van der Waals surface area contributed by atoms with Crippen LogP contribution in [0.5, 0.6) is 0 Å². The Balaban J connectivity index is -0.0000000910. The molecule has 0 heterocycles. The van der Waals surface area contributed by atoms with E-state index in [1.54, 1.807) is 0 Å². The van der Waals surface area contributed by atoms with E-state index in [9.17, 15) is 0 Å². The minimum absolute atomic E-state index is 0. The van der Waals surface area contributed by atoms with Gasteiger partial charge >= 0.3 is 15.2 Å². The second kappa shape index (κ2) is 7.15. The molecule has 0 aliphatic heterocycles. The molecule has 0 spiro atoms. The molecule has 0 aromatic rings. The van der Waals surface area contributed by atoms with Gasteiger partial charge in [0.2, 0.25) is 0 Å². The molecule has 0 atom stereocenters. The van der Waals surface area contributed by atoms with Gasteiger partial charge in [0.05, 0.1) is 0 Å². The van der Waals surface area contributed by atoms with Crippen molar-refractivity contribution in [3.05, 3.63) is 0 Å². The van der Waals surface area contributed by atoms with Gasteiger partial charge in [0.25, 0.3) is 0 Å². The van der Waals surface area contributed by atoms with Crippen molar-refractivity contribution in [2.75, 3.05) is 0 Å². The largest absolute Gasteiger partial charge is 0.668 e. The molecule has 0 rings (SSSR count). The molecule has 0 bridgehead atoms. The van der Waals surface area contributed by atoms with Crippen LogP contribution in [0.15, 0.2) is 0 Å². The summed E-state index contributed by atoms with van der Waals surface area (Å²) in [5.74, 6) is 0. The van der Waals surface area contributed by atoms with Crippen LogP contribution in [0, 0.1) is 0 Å². The maximum absolute atomic E-state index is 8.56. The summed E-state index contributed by atoms with van der Waals surface area (Å²) in [4.78, 5) is 37.9. The fraction of sp³-hybridized carbons (Fsp3) is 0. The van der Waals surface area contributed by atoms with Gasteiger partial charge in [-0.15, -0.1) is 0 Å². The van der Waals surface area contributed by atoms with E-state index < -0.39 is 15.2 Å². The van der Waals surface area contributed by atoms with Gasteiger partial charge in [-0.1, -0.05) is 0 Å². The van der Waals surface area contributed by atoms with Crippen molar-refractivity contribution in [2.24, 2.45) is 0 Å². The molecule has 0 aliphatic carbocycles. The molecule has 0 radical (unpaired) electrons. The van der Waals surface area contributed by atoms with E-state index in [-0.39, 0.29) is 21.7 Å². The molecule has 60 valence electrons. The number of rotatable bonds is 0. The summed E-state index contributed by atoms with van der Waals surface area (Å²) in [6.07, 6.45) is -1.83. The molecule has 0 fully saturated rings. The molecular weight excluding hydrogens is 200 g/mol. The quantitative estimate of drug-likeness (QED) is 0.243. The van der Waals surface area contributed by atoms with Crippen LogP contribution >= 0.6 is 0 Å². The van der Waals surface area contributed by atoms with Crippen molar-refractivity contribution >= 4 is 15.2 Å². The zero-order valence-corrected chi connectivity index (χ0v) is 7.15. The Morgan fingerprint density at radius 1 is 1.00 bits per heavy atom. The molecule has 0 aromatic carbocycles. The third kappa shape index (κ3) is 235000. The molecule has 0 saturated heterocycles. The monoisotopic (exact) mass is 206 g/mol. The van der Waals surface area contributed by atoms with E-state index in [0.29, 0.717) is 0 Å². The Morgan fingerprint density at radius 3 is 1.00 bits per heavy atom. The maximum Gasteiger partial charge on any atom is 0.668 e. The van der Waals surface area contributed by atoms with Crippen LogP contribution in [0.1, 0.15) is 0 Å². The first kappa shape index (κ1) is 16.6. The number of hydrogen-bond acceptors (Lipinski definition) is 5. The summed E-state index contributed by atoms with van der Waals surface area (Å²) in [7, 11) is -4.61. The average molecular weight is 206 g/mol. The van der Waals surface area contributed by atoms with Gasteiger partial charge in [-0.3, -0.25) is 0 Å². The Morgan fingerprint density at radius 2 is 1.00 bits per heavy atom. The van der Waals surface area contributed by atoms with Crippen LogP contribution < -0.4 is 0 Å². The zero-order valence-electron chi connectivity index (χ0n) is 4.59. The number of carboxylic acid groups (broad SMARTS) is 2. The van der Waals surface area contributed by atoms with Gasteiger partial charge in [0.1, 0.15) is 0 Å². The summed E-state index contributed by atoms with van der Waals surface area (Å²) in [5.41, 5.74) is 0. The summed E-state index contributed by atoms with van der Waals surface area (Å²) >= 11 is 0. The Kier molecular flexibility index (Phi) is 11.8. The van der Waals surface area contributed by atoms with Crippen molar-refractivity contribution in [3.8, 4) is 0 Å². The second-order valence-electron chi connectivity index (χ2n) is 0.883. The molecule has 0 saturated carbocycles. The van der Waals surface area contributed by atoms with Crippen LogP contribution in [-0.2, 0) is 21.7 Å². The first-order valence-corrected chi connectivity index (χ1v) is 3.33. The van der Waals surface area contributed by atoms with Gasteiger partial charge in [-0.05, 0) is 0 Å². The van der Waals surface area contributed by atoms with Crippen LogP contribution in [0.25, 0.3) is 0 Å². The molecule has 6 N–H and O–H groups in total. The van der Waals surface area contributed by atoms with Crippen molar-refractivity contribution in [3.63, 3.8) is 0 Å². The predicted octanol–water partition coefficient (Wildman–Crippen LogP) is -2.39. The SMILES string of the molecule is O=C(O)O.O[Si](O)(O)O.[Ti]. The molecule has 0 aromatic heterocycles.